The number of nitro groups is 1. The Bertz CT molecular complexity index is 705. The summed E-state index contributed by atoms with van der Waals surface area (Å²) >= 11 is 0. The molecule has 0 fully saturated rings. The molecule has 1 atom stereocenters. The van der Waals surface area contributed by atoms with Crippen LogP contribution in [0.4, 0.5) is 23.0 Å². The van der Waals surface area contributed by atoms with Gasteiger partial charge in [0.1, 0.15) is 6.33 Å². The van der Waals surface area contributed by atoms with Crippen molar-refractivity contribution in [3.63, 3.8) is 0 Å². The van der Waals surface area contributed by atoms with E-state index in [2.05, 4.69) is 15.4 Å². The summed E-state index contributed by atoms with van der Waals surface area (Å²) in [5.41, 5.74) is 4.11. The largest absolute Gasteiger partial charge is 0.355 e. The Morgan fingerprint density at radius 2 is 2.19 bits per heavy atom. The maximum absolute atomic E-state index is 11.4. The van der Waals surface area contributed by atoms with Crippen LogP contribution in [0.1, 0.15) is 12.5 Å². The Morgan fingerprint density at radius 1 is 1.43 bits per heavy atom. The predicted octanol–water partition coefficient (Wildman–Crippen LogP) is 1.75. The zero-order chi connectivity index (χ0) is 15.0. The van der Waals surface area contributed by atoms with E-state index in [1.807, 2.05) is 36.1 Å². The maximum atomic E-state index is 11.4. The van der Waals surface area contributed by atoms with Gasteiger partial charge >= 0.3 is 5.69 Å². The lowest BCUT2D eigenvalue weighted by Crippen LogP contribution is -2.26. The first kappa shape index (κ1) is 13.3. The summed E-state index contributed by atoms with van der Waals surface area (Å²) in [6.07, 6.45) is 2.08. The highest BCUT2D eigenvalue weighted by Gasteiger charge is 2.34. The van der Waals surface area contributed by atoms with Gasteiger partial charge in [0.15, 0.2) is 0 Å². The molecule has 0 bridgehead atoms. The van der Waals surface area contributed by atoms with Gasteiger partial charge in [0.05, 0.1) is 4.92 Å². The minimum atomic E-state index is -0.516. The van der Waals surface area contributed by atoms with Crippen LogP contribution in [0.3, 0.4) is 0 Å². The molecule has 1 aromatic carbocycles. The smallest absolute Gasteiger partial charge is 0.317 e. The summed E-state index contributed by atoms with van der Waals surface area (Å²) in [7, 11) is 0. The average molecular weight is 286 g/mol. The standard InChI is InChI=1S/C13H14N6O2/c1-8-6-9-4-2-3-5-10(9)18(8)13-11(19(20)21)12(17-14)15-7-16-13/h2-5,7-8H,6,14H2,1H3,(H,15,16,17). The molecule has 0 amide bonds. The highest BCUT2D eigenvalue weighted by Crippen LogP contribution is 2.42. The Labute approximate surface area is 120 Å². The number of aromatic nitrogens is 2. The third-order valence-corrected chi connectivity index (χ3v) is 3.56. The normalized spacial score (nSPS) is 16.7. The third-order valence-electron chi connectivity index (χ3n) is 3.56. The molecule has 2 aromatic rings. The highest BCUT2D eigenvalue weighted by molar-refractivity contribution is 5.78. The van der Waals surface area contributed by atoms with Gasteiger partial charge in [0, 0.05) is 11.7 Å². The van der Waals surface area contributed by atoms with Crippen molar-refractivity contribution < 1.29 is 4.92 Å². The Kier molecular flexibility index (Phi) is 3.15. The summed E-state index contributed by atoms with van der Waals surface area (Å²) in [5.74, 6) is 5.57. The summed E-state index contributed by atoms with van der Waals surface area (Å²) in [4.78, 5) is 20.7. The summed E-state index contributed by atoms with van der Waals surface area (Å²) in [5, 5.41) is 11.4. The Hall–Kier alpha value is -2.74. The maximum Gasteiger partial charge on any atom is 0.355 e. The van der Waals surface area contributed by atoms with Crippen LogP contribution in [-0.2, 0) is 6.42 Å². The number of nitrogens with two attached hydrogens (primary N) is 1. The zero-order valence-corrected chi connectivity index (χ0v) is 11.4. The molecule has 21 heavy (non-hydrogen) atoms. The molecule has 2 heterocycles. The van der Waals surface area contributed by atoms with Crippen molar-refractivity contribution in [2.75, 3.05) is 10.3 Å². The minimum Gasteiger partial charge on any atom is -0.317 e. The van der Waals surface area contributed by atoms with Crippen molar-refractivity contribution in [3.05, 3.63) is 46.3 Å². The number of hydrogen-bond donors (Lipinski definition) is 2. The lowest BCUT2D eigenvalue weighted by atomic mass is 10.1. The average Bonchev–Trinajstić information content (AvgIpc) is 2.81. The van der Waals surface area contributed by atoms with Crippen LogP contribution in [0, 0.1) is 10.1 Å². The number of para-hydroxylation sites is 1. The van der Waals surface area contributed by atoms with E-state index in [1.165, 1.54) is 6.33 Å². The number of rotatable bonds is 3. The number of anilines is 3. The molecule has 1 unspecified atom stereocenters. The second kappa shape index (κ2) is 4.98. The number of fused-ring (bicyclic) bond motifs is 1. The van der Waals surface area contributed by atoms with Gasteiger partial charge in [-0.05, 0) is 25.0 Å². The lowest BCUT2D eigenvalue weighted by molar-refractivity contribution is -0.383. The SMILES string of the molecule is CC1Cc2ccccc2N1c1ncnc(NN)c1[N+](=O)[O-]. The molecule has 1 aliphatic heterocycles. The molecule has 1 aromatic heterocycles. The van der Waals surface area contributed by atoms with Gasteiger partial charge in [-0.3, -0.25) is 10.1 Å². The molecular formula is C13H14N6O2. The number of nitrogens with one attached hydrogen (secondary N) is 1. The van der Waals surface area contributed by atoms with Crippen molar-refractivity contribution in [1.82, 2.24) is 9.97 Å². The van der Waals surface area contributed by atoms with Crippen LogP contribution in [0.2, 0.25) is 0 Å². The van der Waals surface area contributed by atoms with Crippen LogP contribution >= 0.6 is 0 Å². The molecule has 0 aliphatic carbocycles. The highest BCUT2D eigenvalue weighted by atomic mass is 16.6. The number of nitrogen functional groups attached to an aromatic ring is 1. The van der Waals surface area contributed by atoms with Gasteiger partial charge < -0.3 is 10.3 Å². The summed E-state index contributed by atoms with van der Waals surface area (Å²) in [6.45, 7) is 2.00. The van der Waals surface area contributed by atoms with E-state index in [4.69, 9.17) is 5.84 Å². The molecule has 0 spiro atoms. The molecule has 108 valence electrons. The molecule has 3 N–H and O–H groups in total. The molecule has 3 rings (SSSR count). The Balaban J connectivity index is 2.19. The second-order valence-electron chi connectivity index (χ2n) is 4.85. The number of benzene rings is 1. The van der Waals surface area contributed by atoms with Gasteiger partial charge in [0.2, 0.25) is 11.6 Å². The Morgan fingerprint density at radius 3 is 2.90 bits per heavy atom. The van der Waals surface area contributed by atoms with Crippen LogP contribution in [0.5, 0.6) is 0 Å². The van der Waals surface area contributed by atoms with Gasteiger partial charge in [-0.25, -0.2) is 15.8 Å². The number of nitrogens with zero attached hydrogens (tertiary/aromatic N) is 4. The fraction of sp³-hybridized carbons (Fsp3) is 0.231. The van der Waals surface area contributed by atoms with Crippen molar-refractivity contribution in [1.29, 1.82) is 0 Å². The van der Waals surface area contributed by atoms with Crippen molar-refractivity contribution in [2.24, 2.45) is 5.84 Å². The first-order valence-corrected chi connectivity index (χ1v) is 6.46. The van der Waals surface area contributed by atoms with Gasteiger partial charge in [-0.15, -0.1) is 0 Å². The third kappa shape index (κ3) is 2.05. The lowest BCUT2D eigenvalue weighted by Gasteiger charge is -2.23. The topological polar surface area (TPSA) is 110 Å². The molecule has 8 heteroatoms. The van der Waals surface area contributed by atoms with Crippen LogP contribution in [0.25, 0.3) is 0 Å². The first-order valence-electron chi connectivity index (χ1n) is 6.46. The van der Waals surface area contributed by atoms with Gasteiger partial charge in [0.25, 0.3) is 0 Å². The fourth-order valence-corrected chi connectivity index (χ4v) is 2.71. The number of hydrogen-bond acceptors (Lipinski definition) is 7. The molecule has 8 nitrogen and oxygen atoms in total. The quantitative estimate of drug-likeness (QED) is 0.502. The van der Waals surface area contributed by atoms with E-state index in [-0.39, 0.29) is 23.4 Å². The summed E-state index contributed by atoms with van der Waals surface area (Å²) < 4.78 is 0. The first-order chi connectivity index (χ1) is 10.1. The van der Waals surface area contributed by atoms with Crippen LogP contribution < -0.4 is 16.2 Å². The van der Waals surface area contributed by atoms with Crippen LogP contribution in [-0.4, -0.2) is 20.9 Å². The van der Waals surface area contributed by atoms with E-state index < -0.39 is 4.92 Å². The van der Waals surface area contributed by atoms with Gasteiger partial charge in [-0.2, -0.15) is 0 Å². The second-order valence-corrected chi connectivity index (χ2v) is 4.85. The molecular weight excluding hydrogens is 272 g/mol. The van der Waals surface area contributed by atoms with E-state index in [1.54, 1.807) is 0 Å². The zero-order valence-electron chi connectivity index (χ0n) is 11.4. The predicted molar refractivity (Wildman–Crippen MR) is 78.2 cm³/mol. The number of hydrazine groups is 1. The van der Waals surface area contributed by atoms with Crippen molar-refractivity contribution in [2.45, 2.75) is 19.4 Å². The fourth-order valence-electron chi connectivity index (χ4n) is 2.71. The minimum absolute atomic E-state index is 0.00146. The van der Waals surface area contributed by atoms with Crippen molar-refractivity contribution in [3.8, 4) is 0 Å². The molecule has 0 radical (unpaired) electrons. The van der Waals surface area contributed by atoms with E-state index >= 15 is 0 Å². The summed E-state index contributed by atoms with van der Waals surface area (Å²) in [6, 6.07) is 7.87. The van der Waals surface area contributed by atoms with E-state index in [0.717, 1.165) is 17.7 Å². The van der Waals surface area contributed by atoms with Gasteiger partial charge in [-0.1, -0.05) is 18.2 Å². The molecule has 1 aliphatic rings. The van der Waals surface area contributed by atoms with Crippen LogP contribution in [0.15, 0.2) is 30.6 Å². The monoisotopic (exact) mass is 286 g/mol. The molecule has 0 saturated carbocycles. The van der Waals surface area contributed by atoms with Crippen molar-refractivity contribution >= 4 is 23.0 Å². The molecule has 0 saturated heterocycles. The van der Waals surface area contributed by atoms with E-state index in [9.17, 15) is 10.1 Å². The van der Waals surface area contributed by atoms with E-state index in [0.29, 0.717) is 0 Å².